The second-order valence-corrected chi connectivity index (χ2v) is 4.28. The van der Waals surface area contributed by atoms with Crippen LogP contribution in [0.3, 0.4) is 0 Å². The highest BCUT2D eigenvalue weighted by molar-refractivity contribution is 7.85. The molecule has 0 radical (unpaired) electrons. The quantitative estimate of drug-likeness (QED) is 0.384. The second kappa shape index (κ2) is 6.09. The number of amidine groups is 1. The van der Waals surface area contributed by atoms with Gasteiger partial charge in [-0.3, -0.25) is 9.96 Å². The lowest BCUT2D eigenvalue weighted by atomic mass is 10.2. The molecule has 16 heavy (non-hydrogen) atoms. The lowest BCUT2D eigenvalue weighted by molar-refractivity contribution is 0.393. The smallest absolute Gasteiger partial charge is 0.294 e. The first-order valence-electron chi connectivity index (χ1n) is 4.19. The van der Waals surface area contributed by atoms with Crippen molar-refractivity contribution in [2.75, 3.05) is 7.11 Å². The van der Waals surface area contributed by atoms with Gasteiger partial charge in [0.15, 0.2) is 0 Å². The van der Waals surface area contributed by atoms with E-state index in [1.165, 1.54) is 19.2 Å². The molecule has 0 aliphatic rings. The van der Waals surface area contributed by atoms with Crippen molar-refractivity contribution >= 4 is 16.1 Å². The summed E-state index contributed by atoms with van der Waals surface area (Å²) in [5, 5.41) is 6.30. The van der Waals surface area contributed by atoms with Crippen LogP contribution in [-0.2, 0) is 14.9 Å². The van der Waals surface area contributed by atoms with Gasteiger partial charge in [0.1, 0.15) is 0 Å². The number of methoxy groups -OCH3 is 1. The number of benzene rings is 1. The Kier molecular flexibility index (Phi) is 5.48. The lowest BCUT2D eigenvalue weighted by Crippen LogP contribution is -2.10. The van der Waals surface area contributed by atoms with Crippen LogP contribution in [0, 0.1) is 12.3 Å². The first kappa shape index (κ1) is 14.4. The van der Waals surface area contributed by atoms with Crippen LogP contribution in [-0.4, -0.2) is 26.1 Å². The monoisotopic (exact) mass is 246 g/mol. The van der Waals surface area contributed by atoms with Gasteiger partial charge in [0.05, 0.1) is 12.0 Å². The van der Waals surface area contributed by atoms with E-state index >= 15 is 0 Å². The molecule has 0 unspecified atom stereocenters. The molecule has 0 saturated carbocycles. The number of nitrogens with two attached hydrogens (primary N) is 1. The van der Waals surface area contributed by atoms with Gasteiger partial charge in [-0.15, -0.1) is 0 Å². The fourth-order valence-corrected chi connectivity index (χ4v) is 1.19. The van der Waals surface area contributed by atoms with Crippen molar-refractivity contribution in [2.24, 2.45) is 5.73 Å². The summed E-state index contributed by atoms with van der Waals surface area (Å²) in [4.78, 5) is -0.0666. The zero-order valence-corrected chi connectivity index (χ0v) is 9.78. The maximum Gasteiger partial charge on any atom is 0.294 e. The third-order valence-electron chi connectivity index (χ3n) is 1.54. The molecule has 1 rings (SSSR count). The fraction of sp³-hybridized carbons (Fsp3) is 0.222. The summed E-state index contributed by atoms with van der Waals surface area (Å²) in [6.07, 6.45) is 0. The van der Waals surface area contributed by atoms with E-state index in [2.05, 4.69) is 10.5 Å². The number of hydrogen-bond donors (Lipinski definition) is 3. The van der Waals surface area contributed by atoms with Crippen molar-refractivity contribution in [1.29, 1.82) is 5.41 Å². The Labute approximate surface area is 94.3 Å². The average molecular weight is 246 g/mol. The van der Waals surface area contributed by atoms with Gasteiger partial charge in [0.2, 0.25) is 0 Å². The minimum Gasteiger partial charge on any atom is -0.469 e. The summed E-state index contributed by atoms with van der Waals surface area (Å²) in [6, 6.07) is 5.74. The molecule has 1 aromatic rings. The molecule has 0 atom stereocenters. The van der Waals surface area contributed by atoms with Crippen molar-refractivity contribution in [1.82, 2.24) is 0 Å². The van der Waals surface area contributed by atoms with Gasteiger partial charge in [0, 0.05) is 0 Å². The Morgan fingerprint density at radius 2 is 1.75 bits per heavy atom. The normalized spacial score (nSPS) is 9.94. The highest BCUT2D eigenvalue weighted by atomic mass is 32.2. The van der Waals surface area contributed by atoms with Gasteiger partial charge >= 0.3 is 0 Å². The van der Waals surface area contributed by atoms with E-state index in [9.17, 15) is 8.42 Å². The minimum absolute atomic E-state index is 0.0666. The third kappa shape index (κ3) is 5.99. The minimum atomic E-state index is -4.02. The van der Waals surface area contributed by atoms with Gasteiger partial charge in [-0.1, -0.05) is 17.7 Å². The molecule has 6 nitrogen and oxygen atoms in total. The molecule has 0 aliphatic heterocycles. The highest BCUT2D eigenvalue weighted by Crippen LogP contribution is 2.08. The van der Waals surface area contributed by atoms with E-state index in [0.29, 0.717) is 0 Å². The van der Waals surface area contributed by atoms with Crippen LogP contribution in [0.1, 0.15) is 5.56 Å². The Balaban J connectivity index is 0.000000385. The van der Waals surface area contributed by atoms with Gasteiger partial charge in [-0.25, -0.2) is 0 Å². The molecular weight excluding hydrogens is 232 g/mol. The van der Waals surface area contributed by atoms with Crippen molar-refractivity contribution in [3.8, 4) is 0 Å². The van der Waals surface area contributed by atoms with E-state index in [-0.39, 0.29) is 10.9 Å². The first-order valence-corrected chi connectivity index (χ1v) is 5.63. The largest absolute Gasteiger partial charge is 0.469 e. The van der Waals surface area contributed by atoms with Crippen molar-refractivity contribution in [3.63, 3.8) is 0 Å². The summed E-state index contributed by atoms with van der Waals surface area (Å²) in [5.74, 6) is 0. The third-order valence-corrected chi connectivity index (χ3v) is 2.41. The maximum atomic E-state index is 10.5. The van der Waals surface area contributed by atoms with Crippen LogP contribution >= 0.6 is 0 Å². The van der Waals surface area contributed by atoms with Crippen LogP contribution in [0.2, 0.25) is 0 Å². The maximum absolute atomic E-state index is 10.5. The van der Waals surface area contributed by atoms with Gasteiger partial charge in [0.25, 0.3) is 16.1 Å². The SMILES string of the molecule is COC(=N)N.Cc1ccc(S(=O)(=O)O)cc1. The zero-order valence-electron chi connectivity index (χ0n) is 8.97. The van der Waals surface area contributed by atoms with Gasteiger partial charge < -0.3 is 10.5 Å². The summed E-state index contributed by atoms with van der Waals surface area (Å²) in [5.41, 5.74) is 5.61. The molecule has 0 amide bonds. The summed E-state index contributed by atoms with van der Waals surface area (Å²) in [7, 11) is -2.67. The first-order chi connectivity index (χ1) is 7.27. The van der Waals surface area contributed by atoms with E-state index in [1.807, 2.05) is 6.92 Å². The van der Waals surface area contributed by atoms with Crippen molar-refractivity contribution in [3.05, 3.63) is 29.8 Å². The van der Waals surface area contributed by atoms with E-state index in [0.717, 1.165) is 5.56 Å². The number of aryl methyl sites for hydroxylation is 1. The fourth-order valence-electron chi connectivity index (χ4n) is 0.710. The predicted molar refractivity (Wildman–Crippen MR) is 59.9 cm³/mol. The molecule has 1 aromatic carbocycles. The molecule has 0 heterocycles. The summed E-state index contributed by atoms with van der Waals surface area (Å²) >= 11 is 0. The van der Waals surface area contributed by atoms with Crippen LogP contribution < -0.4 is 5.73 Å². The Morgan fingerprint density at radius 1 is 1.38 bits per heavy atom. The Hall–Kier alpha value is -1.60. The van der Waals surface area contributed by atoms with Gasteiger partial charge in [-0.2, -0.15) is 8.42 Å². The van der Waals surface area contributed by atoms with E-state index < -0.39 is 10.1 Å². The Morgan fingerprint density at radius 3 is 2.00 bits per heavy atom. The number of hydrogen-bond acceptors (Lipinski definition) is 4. The lowest BCUT2D eigenvalue weighted by Gasteiger charge is -1.95. The number of ether oxygens (including phenoxy) is 1. The molecule has 0 fully saturated rings. The van der Waals surface area contributed by atoms with Crippen LogP contribution in [0.4, 0.5) is 0 Å². The number of nitrogens with one attached hydrogen (secondary N) is 1. The van der Waals surface area contributed by atoms with E-state index in [1.54, 1.807) is 12.1 Å². The molecular formula is C9H14N2O4S. The molecule has 0 spiro atoms. The van der Waals surface area contributed by atoms with Crippen LogP contribution in [0.5, 0.6) is 0 Å². The highest BCUT2D eigenvalue weighted by Gasteiger charge is 2.06. The van der Waals surface area contributed by atoms with Crippen molar-refractivity contribution < 1.29 is 17.7 Å². The summed E-state index contributed by atoms with van der Waals surface area (Å²) < 4.78 is 33.7. The average Bonchev–Trinajstić information content (AvgIpc) is 2.18. The van der Waals surface area contributed by atoms with Crippen LogP contribution in [0.15, 0.2) is 29.2 Å². The van der Waals surface area contributed by atoms with Crippen LogP contribution in [0.25, 0.3) is 0 Å². The molecule has 0 aliphatic carbocycles. The number of rotatable bonds is 1. The molecule has 0 saturated heterocycles. The van der Waals surface area contributed by atoms with Crippen molar-refractivity contribution in [2.45, 2.75) is 11.8 Å². The molecule has 0 aromatic heterocycles. The second-order valence-electron chi connectivity index (χ2n) is 2.86. The molecule has 0 bridgehead atoms. The Bertz CT molecular complexity index is 439. The molecule has 90 valence electrons. The predicted octanol–water partition coefficient (Wildman–Crippen LogP) is 0.768. The topological polar surface area (TPSA) is 113 Å². The molecule has 4 N–H and O–H groups in total. The summed E-state index contributed by atoms with van der Waals surface area (Å²) in [6.45, 7) is 1.84. The van der Waals surface area contributed by atoms with E-state index in [4.69, 9.17) is 9.96 Å². The standard InChI is InChI=1S/C7H8O3S.C2H6N2O/c1-6-2-4-7(5-3-6)11(8,9)10;1-5-2(3)4/h2-5H,1H3,(H,8,9,10);1H3,(H3,3,4). The molecule has 7 heteroatoms. The zero-order chi connectivity index (χ0) is 12.8. The van der Waals surface area contributed by atoms with Gasteiger partial charge in [-0.05, 0) is 19.1 Å².